The molecule has 1 heterocycles. The van der Waals surface area contributed by atoms with Crippen LogP contribution in [0.3, 0.4) is 0 Å². The molecule has 0 aliphatic heterocycles. The van der Waals surface area contributed by atoms with Crippen molar-refractivity contribution in [2.24, 2.45) is 0 Å². The van der Waals surface area contributed by atoms with Gasteiger partial charge >= 0.3 is 0 Å². The first-order valence-electron chi connectivity index (χ1n) is 4.35. The summed E-state index contributed by atoms with van der Waals surface area (Å²) in [6, 6.07) is 5.21. The molecule has 1 aromatic heterocycles. The predicted octanol–water partition coefficient (Wildman–Crippen LogP) is 1.83. The van der Waals surface area contributed by atoms with E-state index in [0.717, 1.165) is 0 Å². The van der Waals surface area contributed by atoms with Crippen LogP contribution in [0.1, 0.15) is 24.3 Å². The average Bonchev–Trinajstić information content (AvgIpc) is 2.19. The molecule has 14 heavy (non-hydrogen) atoms. The molecule has 0 saturated heterocycles. The van der Waals surface area contributed by atoms with Crippen LogP contribution in [0.4, 0.5) is 0 Å². The van der Waals surface area contributed by atoms with Crippen LogP contribution in [0.2, 0.25) is 0 Å². The molecule has 0 radical (unpaired) electrons. The quantitative estimate of drug-likeness (QED) is 0.777. The number of nitrogens with one attached hydrogen (secondary N) is 1. The van der Waals surface area contributed by atoms with Gasteiger partial charge in [-0.2, -0.15) is 0 Å². The second-order valence-electron chi connectivity index (χ2n) is 3.69. The second-order valence-corrected chi connectivity index (χ2v) is 3.95. The molecule has 3 nitrogen and oxygen atoms in total. The zero-order chi connectivity index (χ0) is 10.6. The van der Waals surface area contributed by atoms with Crippen LogP contribution in [0.15, 0.2) is 24.4 Å². The Bertz CT molecular complexity index is 311. The first kappa shape index (κ1) is 11.0. The van der Waals surface area contributed by atoms with Gasteiger partial charge in [0.15, 0.2) is 0 Å². The van der Waals surface area contributed by atoms with E-state index < -0.39 is 5.54 Å². The van der Waals surface area contributed by atoms with Crippen molar-refractivity contribution in [1.82, 2.24) is 10.3 Å². The highest BCUT2D eigenvalue weighted by Crippen LogP contribution is 2.05. The number of alkyl halides is 1. The largest absolute Gasteiger partial charge is 0.345 e. The maximum atomic E-state index is 11.6. The molecule has 0 bridgehead atoms. The number of carbonyl (C=O) groups excluding carboxylic acids is 1. The van der Waals surface area contributed by atoms with Gasteiger partial charge < -0.3 is 5.32 Å². The third kappa shape index (κ3) is 3.00. The first-order chi connectivity index (χ1) is 6.55. The molecule has 0 saturated carbocycles. The van der Waals surface area contributed by atoms with Gasteiger partial charge in [0.05, 0.1) is 0 Å². The van der Waals surface area contributed by atoms with Gasteiger partial charge in [0.1, 0.15) is 5.69 Å². The van der Waals surface area contributed by atoms with Gasteiger partial charge in [0.25, 0.3) is 5.91 Å². The fourth-order valence-corrected chi connectivity index (χ4v) is 0.969. The van der Waals surface area contributed by atoms with E-state index in [1.807, 2.05) is 13.8 Å². The molecule has 1 amide bonds. The maximum absolute atomic E-state index is 11.6. The summed E-state index contributed by atoms with van der Waals surface area (Å²) < 4.78 is 0. The van der Waals surface area contributed by atoms with E-state index in [9.17, 15) is 4.79 Å². The Balaban J connectivity index is 2.69. The van der Waals surface area contributed by atoms with E-state index in [-0.39, 0.29) is 5.91 Å². The monoisotopic (exact) mass is 212 g/mol. The van der Waals surface area contributed by atoms with Crippen molar-refractivity contribution in [1.29, 1.82) is 0 Å². The van der Waals surface area contributed by atoms with Crippen LogP contribution in [0.25, 0.3) is 0 Å². The Hall–Kier alpha value is -1.09. The van der Waals surface area contributed by atoms with Gasteiger partial charge in [0, 0.05) is 17.6 Å². The Labute approximate surface area is 88.5 Å². The van der Waals surface area contributed by atoms with E-state index in [4.69, 9.17) is 11.6 Å². The number of pyridine rings is 1. The van der Waals surface area contributed by atoms with Crippen molar-refractivity contribution >= 4 is 17.5 Å². The lowest BCUT2D eigenvalue weighted by atomic mass is 10.1. The zero-order valence-corrected chi connectivity index (χ0v) is 9.01. The highest BCUT2D eigenvalue weighted by Gasteiger charge is 2.20. The summed E-state index contributed by atoms with van der Waals surface area (Å²) in [5.74, 6) is 0.169. The van der Waals surface area contributed by atoms with Crippen LogP contribution in [0, 0.1) is 0 Å². The molecule has 0 aromatic carbocycles. The standard InChI is InChI=1S/C10H13ClN2O/c1-10(2,7-11)13-9(14)8-5-3-4-6-12-8/h3-6H,7H2,1-2H3,(H,13,14). The summed E-state index contributed by atoms with van der Waals surface area (Å²) in [6.07, 6.45) is 1.59. The fourth-order valence-electron chi connectivity index (χ4n) is 0.902. The molecule has 1 rings (SSSR count). The number of nitrogens with zero attached hydrogens (tertiary/aromatic N) is 1. The molecular formula is C10H13ClN2O. The molecular weight excluding hydrogens is 200 g/mol. The SMILES string of the molecule is CC(C)(CCl)NC(=O)c1ccccn1. The van der Waals surface area contributed by atoms with E-state index in [1.165, 1.54) is 0 Å². The third-order valence-electron chi connectivity index (χ3n) is 1.68. The summed E-state index contributed by atoms with van der Waals surface area (Å²) in [7, 11) is 0. The van der Waals surface area contributed by atoms with Gasteiger partial charge in [-0.25, -0.2) is 0 Å². The third-order valence-corrected chi connectivity index (χ3v) is 2.35. The lowest BCUT2D eigenvalue weighted by Crippen LogP contribution is -2.45. The molecule has 76 valence electrons. The first-order valence-corrected chi connectivity index (χ1v) is 4.88. The van der Waals surface area contributed by atoms with Gasteiger partial charge in [-0.3, -0.25) is 9.78 Å². The van der Waals surface area contributed by atoms with Crippen molar-refractivity contribution in [2.45, 2.75) is 19.4 Å². The lowest BCUT2D eigenvalue weighted by molar-refractivity contribution is 0.0915. The van der Waals surface area contributed by atoms with Crippen LogP contribution >= 0.6 is 11.6 Å². The van der Waals surface area contributed by atoms with E-state index in [1.54, 1.807) is 24.4 Å². The number of hydrogen-bond donors (Lipinski definition) is 1. The Morgan fingerprint density at radius 2 is 2.29 bits per heavy atom. The number of rotatable bonds is 3. The lowest BCUT2D eigenvalue weighted by Gasteiger charge is -2.22. The Morgan fingerprint density at radius 1 is 1.57 bits per heavy atom. The minimum Gasteiger partial charge on any atom is -0.345 e. The topological polar surface area (TPSA) is 42.0 Å². The number of amides is 1. The van der Waals surface area contributed by atoms with Crippen LogP contribution in [-0.4, -0.2) is 22.3 Å². The Morgan fingerprint density at radius 3 is 2.79 bits per heavy atom. The predicted molar refractivity (Wildman–Crippen MR) is 56.5 cm³/mol. The minimum atomic E-state index is -0.407. The van der Waals surface area contributed by atoms with Gasteiger partial charge in [-0.05, 0) is 26.0 Å². The highest BCUT2D eigenvalue weighted by atomic mass is 35.5. The highest BCUT2D eigenvalue weighted by molar-refractivity contribution is 6.18. The summed E-state index contributed by atoms with van der Waals surface area (Å²) in [6.45, 7) is 3.72. The van der Waals surface area contributed by atoms with Crippen molar-refractivity contribution in [3.8, 4) is 0 Å². The van der Waals surface area contributed by atoms with E-state index >= 15 is 0 Å². The molecule has 1 N–H and O–H groups in total. The fraction of sp³-hybridized carbons (Fsp3) is 0.400. The molecule has 0 spiro atoms. The maximum Gasteiger partial charge on any atom is 0.270 e. The number of aromatic nitrogens is 1. The average molecular weight is 213 g/mol. The molecule has 1 aromatic rings. The molecule has 0 atom stereocenters. The number of carbonyl (C=O) groups is 1. The summed E-state index contributed by atoms with van der Waals surface area (Å²) in [5, 5.41) is 2.79. The van der Waals surface area contributed by atoms with Crippen molar-refractivity contribution in [3.63, 3.8) is 0 Å². The van der Waals surface area contributed by atoms with Crippen LogP contribution in [0.5, 0.6) is 0 Å². The normalized spacial score (nSPS) is 11.1. The Kier molecular flexibility index (Phi) is 3.47. The molecule has 0 unspecified atom stereocenters. The number of hydrogen-bond acceptors (Lipinski definition) is 2. The molecule has 0 aliphatic carbocycles. The van der Waals surface area contributed by atoms with E-state index in [0.29, 0.717) is 11.6 Å². The summed E-state index contributed by atoms with van der Waals surface area (Å²) in [4.78, 5) is 15.5. The molecule has 0 fully saturated rings. The number of halogens is 1. The summed E-state index contributed by atoms with van der Waals surface area (Å²) >= 11 is 5.69. The van der Waals surface area contributed by atoms with Crippen molar-refractivity contribution in [3.05, 3.63) is 30.1 Å². The van der Waals surface area contributed by atoms with Crippen LogP contribution in [-0.2, 0) is 0 Å². The minimum absolute atomic E-state index is 0.198. The summed E-state index contributed by atoms with van der Waals surface area (Å²) in [5.41, 5.74) is 0.00146. The van der Waals surface area contributed by atoms with Gasteiger partial charge in [-0.1, -0.05) is 6.07 Å². The zero-order valence-electron chi connectivity index (χ0n) is 8.25. The van der Waals surface area contributed by atoms with Gasteiger partial charge in [-0.15, -0.1) is 11.6 Å². The van der Waals surface area contributed by atoms with Crippen molar-refractivity contribution < 1.29 is 4.79 Å². The smallest absolute Gasteiger partial charge is 0.270 e. The van der Waals surface area contributed by atoms with E-state index in [2.05, 4.69) is 10.3 Å². The molecule has 0 aliphatic rings. The molecule has 4 heteroatoms. The second kappa shape index (κ2) is 4.42. The van der Waals surface area contributed by atoms with Gasteiger partial charge in [0.2, 0.25) is 0 Å². The van der Waals surface area contributed by atoms with Crippen LogP contribution < -0.4 is 5.32 Å². The van der Waals surface area contributed by atoms with Crippen molar-refractivity contribution in [2.75, 3.05) is 5.88 Å².